The number of hydrogen-bond acceptors (Lipinski definition) is 4. The van der Waals surface area contributed by atoms with Gasteiger partial charge in [-0.25, -0.2) is 0 Å². The molecule has 0 spiro atoms. The second kappa shape index (κ2) is 4.38. The van der Waals surface area contributed by atoms with E-state index in [0.717, 1.165) is 36.4 Å². The summed E-state index contributed by atoms with van der Waals surface area (Å²) in [5.74, 6) is 0. The Morgan fingerprint density at radius 2 is 2.50 bits per heavy atom. The zero-order valence-electron chi connectivity index (χ0n) is 8.27. The lowest BCUT2D eigenvalue weighted by Gasteiger charge is -2.26. The highest BCUT2D eigenvalue weighted by Crippen LogP contribution is 2.28. The molecule has 0 amide bonds. The molecule has 2 unspecified atom stereocenters. The van der Waals surface area contributed by atoms with Crippen LogP contribution in [0.2, 0.25) is 0 Å². The van der Waals surface area contributed by atoms with Crippen LogP contribution in [0.15, 0.2) is 6.07 Å². The lowest BCUT2D eigenvalue weighted by atomic mass is 10.0. The van der Waals surface area contributed by atoms with Crippen molar-refractivity contribution in [3.05, 3.63) is 16.6 Å². The second-order valence-corrected chi connectivity index (χ2v) is 4.56. The van der Waals surface area contributed by atoms with E-state index < -0.39 is 6.10 Å². The van der Waals surface area contributed by atoms with Crippen LogP contribution in [0.3, 0.4) is 0 Å². The molecule has 78 valence electrons. The Morgan fingerprint density at radius 3 is 3.07 bits per heavy atom. The van der Waals surface area contributed by atoms with Crippen LogP contribution in [0.5, 0.6) is 0 Å². The molecular formula is C10H15NO2S. The van der Waals surface area contributed by atoms with Crippen molar-refractivity contribution >= 4 is 11.5 Å². The molecule has 1 aromatic rings. The van der Waals surface area contributed by atoms with Gasteiger partial charge in [0.25, 0.3) is 0 Å². The van der Waals surface area contributed by atoms with Crippen LogP contribution in [0.4, 0.5) is 0 Å². The van der Waals surface area contributed by atoms with Gasteiger partial charge in [-0.1, -0.05) is 0 Å². The number of hydrogen-bond donors (Lipinski definition) is 1. The topological polar surface area (TPSA) is 42.4 Å². The first-order valence-corrected chi connectivity index (χ1v) is 5.77. The molecule has 1 aliphatic rings. The second-order valence-electron chi connectivity index (χ2n) is 3.72. The highest BCUT2D eigenvalue weighted by molar-refractivity contribution is 7.05. The first-order valence-electron chi connectivity index (χ1n) is 5.00. The fourth-order valence-corrected chi connectivity index (χ4v) is 2.51. The van der Waals surface area contributed by atoms with Crippen molar-refractivity contribution in [2.45, 2.75) is 38.4 Å². The van der Waals surface area contributed by atoms with Gasteiger partial charge in [0, 0.05) is 6.61 Å². The Bertz CT molecular complexity index is 294. The van der Waals surface area contributed by atoms with Crippen molar-refractivity contribution in [2.24, 2.45) is 0 Å². The summed E-state index contributed by atoms with van der Waals surface area (Å²) in [6.45, 7) is 2.72. The van der Waals surface area contributed by atoms with Crippen LogP contribution in [0.25, 0.3) is 0 Å². The van der Waals surface area contributed by atoms with Crippen LogP contribution >= 0.6 is 11.5 Å². The monoisotopic (exact) mass is 213 g/mol. The van der Waals surface area contributed by atoms with E-state index in [-0.39, 0.29) is 6.10 Å². The minimum atomic E-state index is -0.485. The third kappa shape index (κ3) is 2.13. The molecule has 1 aromatic heterocycles. The zero-order chi connectivity index (χ0) is 9.97. The van der Waals surface area contributed by atoms with Gasteiger partial charge in [-0.15, -0.1) is 0 Å². The molecule has 1 aliphatic heterocycles. The van der Waals surface area contributed by atoms with E-state index in [1.807, 2.05) is 13.0 Å². The lowest BCUT2D eigenvalue weighted by molar-refractivity contribution is -0.0620. The van der Waals surface area contributed by atoms with Crippen molar-refractivity contribution in [1.29, 1.82) is 0 Å². The molecule has 2 atom stereocenters. The van der Waals surface area contributed by atoms with E-state index in [1.165, 1.54) is 11.5 Å². The van der Waals surface area contributed by atoms with Gasteiger partial charge in [0.05, 0.1) is 16.7 Å². The van der Waals surface area contributed by atoms with Gasteiger partial charge < -0.3 is 9.84 Å². The molecule has 1 N–H and O–H groups in total. The number of rotatable bonds is 2. The number of aryl methyl sites for hydroxylation is 1. The largest absolute Gasteiger partial charge is 0.385 e. The summed E-state index contributed by atoms with van der Waals surface area (Å²) >= 11 is 1.37. The van der Waals surface area contributed by atoms with Crippen LogP contribution in [0, 0.1) is 6.92 Å². The predicted octanol–water partition coefficient (Wildman–Crippen LogP) is 2.05. The third-order valence-corrected chi connectivity index (χ3v) is 3.45. The maximum absolute atomic E-state index is 10.0. The number of ether oxygens (including phenoxy) is 1. The molecule has 1 saturated heterocycles. The van der Waals surface area contributed by atoms with Crippen molar-refractivity contribution in [1.82, 2.24) is 4.37 Å². The molecule has 2 heterocycles. The van der Waals surface area contributed by atoms with E-state index in [1.54, 1.807) is 0 Å². The molecule has 0 bridgehead atoms. The molecule has 0 radical (unpaired) electrons. The van der Waals surface area contributed by atoms with Crippen molar-refractivity contribution in [2.75, 3.05) is 6.61 Å². The van der Waals surface area contributed by atoms with E-state index in [4.69, 9.17) is 4.74 Å². The van der Waals surface area contributed by atoms with Gasteiger partial charge in [0.1, 0.15) is 6.10 Å². The Hall–Kier alpha value is -0.450. The van der Waals surface area contributed by atoms with Crippen molar-refractivity contribution in [3.8, 4) is 0 Å². The number of aliphatic hydroxyl groups excluding tert-OH is 1. The maximum Gasteiger partial charge on any atom is 0.116 e. The van der Waals surface area contributed by atoms with Gasteiger partial charge in [-0.2, -0.15) is 4.37 Å². The molecule has 14 heavy (non-hydrogen) atoms. The van der Waals surface area contributed by atoms with Gasteiger partial charge in [-0.3, -0.25) is 0 Å². The van der Waals surface area contributed by atoms with Crippen LogP contribution < -0.4 is 0 Å². The zero-order valence-corrected chi connectivity index (χ0v) is 9.09. The van der Waals surface area contributed by atoms with Gasteiger partial charge in [0.15, 0.2) is 0 Å². The Labute approximate surface area is 87.9 Å². The Balaban J connectivity index is 2.03. The number of aromatic nitrogens is 1. The van der Waals surface area contributed by atoms with Crippen LogP contribution in [-0.2, 0) is 4.74 Å². The van der Waals surface area contributed by atoms with Crippen LogP contribution in [-0.4, -0.2) is 22.2 Å². The van der Waals surface area contributed by atoms with Gasteiger partial charge >= 0.3 is 0 Å². The highest BCUT2D eigenvalue weighted by Gasteiger charge is 2.25. The molecule has 2 rings (SSSR count). The minimum Gasteiger partial charge on any atom is -0.385 e. The molecule has 0 saturated carbocycles. The predicted molar refractivity (Wildman–Crippen MR) is 55.4 cm³/mol. The summed E-state index contributed by atoms with van der Waals surface area (Å²) in [7, 11) is 0. The smallest absolute Gasteiger partial charge is 0.116 e. The number of nitrogens with zero attached hydrogens (tertiary/aromatic N) is 1. The summed E-state index contributed by atoms with van der Waals surface area (Å²) in [5.41, 5.74) is 0.972. The van der Waals surface area contributed by atoms with E-state index in [9.17, 15) is 5.11 Å². The summed E-state index contributed by atoms with van der Waals surface area (Å²) in [6.07, 6.45) is 2.72. The summed E-state index contributed by atoms with van der Waals surface area (Å²) in [5, 5.41) is 10.0. The van der Waals surface area contributed by atoms with Gasteiger partial charge in [-0.05, 0) is 43.8 Å². The molecule has 1 fully saturated rings. The van der Waals surface area contributed by atoms with E-state index in [2.05, 4.69) is 4.37 Å². The average Bonchev–Trinajstić information content (AvgIpc) is 2.65. The fourth-order valence-electron chi connectivity index (χ4n) is 1.72. The van der Waals surface area contributed by atoms with Crippen LogP contribution in [0.1, 0.15) is 35.9 Å². The summed E-state index contributed by atoms with van der Waals surface area (Å²) in [4.78, 5) is 0.925. The molecular weight excluding hydrogens is 198 g/mol. The molecule has 0 aliphatic carbocycles. The minimum absolute atomic E-state index is 0.0244. The number of aliphatic hydroxyl groups is 1. The lowest BCUT2D eigenvalue weighted by Crippen LogP contribution is -2.25. The van der Waals surface area contributed by atoms with Gasteiger partial charge in [0.2, 0.25) is 0 Å². The van der Waals surface area contributed by atoms with Crippen molar-refractivity contribution < 1.29 is 9.84 Å². The fraction of sp³-hybridized carbons (Fsp3) is 0.700. The normalized spacial score (nSPS) is 24.9. The van der Waals surface area contributed by atoms with E-state index in [0.29, 0.717) is 0 Å². The third-order valence-electron chi connectivity index (χ3n) is 2.50. The SMILES string of the molecule is Cc1cc(C(O)C2CCCCO2)sn1. The molecule has 0 aromatic carbocycles. The van der Waals surface area contributed by atoms with E-state index >= 15 is 0 Å². The average molecular weight is 213 g/mol. The highest BCUT2D eigenvalue weighted by atomic mass is 32.1. The first-order chi connectivity index (χ1) is 6.77. The maximum atomic E-state index is 10.0. The molecule has 4 heteroatoms. The Kier molecular flexibility index (Phi) is 3.15. The summed E-state index contributed by atoms with van der Waals surface area (Å²) in [6, 6.07) is 1.94. The Morgan fingerprint density at radius 1 is 1.64 bits per heavy atom. The summed E-state index contributed by atoms with van der Waals surface area (Å²) < 4.78 is 9.69. The quantitative estimate of drug-likeness (QED) is 0.817. The standard InChI is InChI=1S/C10H15NO2S/c1-7-6-9(14-11-7)10(12)8-4-2-3-5-13-8/h6,8,10,12H,2-5H2,1H3. The van der Waals surface area contributed by atoms with Crippen molar-refractivity contribution in [3.63, 3.8) is 0 Å². The first kappa shape index (κ1) is 10.1. The molecule has 3 nitrogen and oxygen atoms in total.